The number of hydrogen-bond acceptors (Lipinski definition) is 4. The largest absolute Gasteiger partial charge is 0.487 e. The van der Waals surface area contributed by atoms with Crippen molar-refractivity contribution < 1.29 is 18.8 Å². The summed E-state index contributed by atoms with van der Waals surface area (Å²) in [6.45, 7) is 14.5. The van der Waals surface area contributed by atoms with Gasteiger partial charge < -0.3 is 14.0 Å². The number of benzene rings is 1. The standard InChI is InChI=1S/C19H29BO4Si/c1-8-22-17(21)16(25(6,7)15-12-10-9-11-13-15)14-20-23-18(2,3)19(4,5)24-20/h9-14H,8H2,1-7H3/b16-14-. The van der Waals surface area contributed by atoms with Crippen LogP contribution in [-0.4, -0.2) is 39.0 Å². The van der Waals surface area contributed by atoms with Crippen LogP contribution in [-0.2, 0) is 18.8 Å². The second kappa shape index (κ2) is 7.10. The van der Waals surface area contributed by atoms with Gasteiger partial charge >= 0.3 is 13.1 Å². The first-order chi connectivity index (χ1) is 11.5. The molecule has 0 spiro atoms. The van der Waals surface area contributed by atoms with Crippen LogP contribution in [0.25, 0.3) is 0 Å². The molecule has 0 bridgehead atoms. The fraction of sp³-hybridized carbons (Fsp3) is 0.526. The van der Waals surface area contributed by atoms with Gasteiger partial charge in [0.1, 0.15) is 8.07 Å². The molecule has 0 N–H and O–H groups in total. The highest BCUT2D eigenvalue weighted by molar-refractivity contribution is 6.99. The molecule has 1 aliphatic rings. The predicted octanol–water partition coefficient (Wildman–Crippen LogP) is 3.26. The van der Waals surface area contributed by atoms with Crippen molar-refractivity contribution in [3.05, 3.63) is 41.5 Å². The zero-order valence-electron chi connectivity index (χ0n) is 16.4. The highest BCUT2D eigenvalue weighted by atomic mass is 28.3. The second-order valence-corrected chi connectivity index (χ2v) is 12.3. The van der Waals surface area contributed by atoms with Crippen LogP contribution in [0.3, 0.4) is 0 Å². The highest BCUT2D eigenvalue weighted by Crippen LogP contribution is 2.37. The Morgan fingerprint density at radius 3 is 2.12 bits per heavy atom. The normalized spacial score (nSPS) is 19.8. The van der Waals surface area contributed by atoms with Crippen LogP contribution in [0.2, 0.25) is 13.1 Å². The number of carbonyl (C=O) groups excluding carboxylic acids is 1. The molecule has 0 amide bonds. The molecule has 1 aliphatic heterocycles. The molecule has 0 unspecified atom stereocenters. The second-order valence-electron chi connectivity index (χ2n) is 7.92. The summed E-state index contributed by atoms with van der Waals surface area (Å²) in [5, 5.41) is 1.85. The Bertz CT molecular complexity index is 637. The molecule has 25 heavy (non-hydrogen) atoms. The van der Waals surface area contributed by atoms with Gasteiger partial charge in [0.2, 0.25) is 0 Å². The van der Waals surface area contributed by atoms with E-state index in [4.69, 9.17) is 14.0 Å². The molecule has 1 heterocycles. The Balaban J connectivity index is 2.42. The number of carbonyl (C=O) groups is 1. The average Bonchev–Trinajstić information content (AvgIpc) is 2.73. The van der Waals surface area contributed by atoms with E-state index in [0.717, 1.165) is 0 Å². The number of ether oxygens (including phenoxy) is 1. The Morgan fingerprint density at radius 2 is 1.64 bits per heavy atom. The van der Waals surface area contributed by atoms with Crippen molar-refractivity contribution in [1.82, 2.24) is 0 Å². The number of esters is 1. The quantitative estimate of drug-likeness (QED) is 0.459. The van der Waals surface area contributed by atoms with E-state index >= 15 is 0 Å². The van der Waals surface area contributed by atoms with Gasteiger partial charge in [-0.3, -0.25) is 0 Å². The van der Waals surface area contributed by atoms with Crippen LogP contribution >= 0.6 is 0 Å². The van der Waals surface area contributed by atoms with Crippen molar-refractivity contribution in [1.29, 1.82) is 0 Å². The maximum atomic E-state index is 12.7. The molecule has 1 aromatic carbocycles. The minimum absolute atomic E-state index is 0.280. The van der Waals surface area contributed by atoms with Gasteiger partial charge in [0.05, 0.1) is 17.8 Å². The van der Waals surface area contributed by atoms with Crippen LogP contribution in [0, 0.1) is 0 Å². The molecule has 0 atom stereocenters. The van der Waals surface area contributed by atoms with Crippen molar-refractivity contribution in [2.45, 2.75) is 58.9 Å². The lowest BCUT2D eigenvalue weighted by molar-refractivity contribution is -0.137. The molecule has 1 fully saturated rings. The minimum atomic E-state index is -2.24. The van der Waals surface area contributed by atoms with E-state index in [1.807, 2.05) is 58.8 Å². The van der Waals surface area contributed by atoms with Crippen molar-refractivity contribution >= 4 is 26.3 Å². The Morgan fingerprint density at radius 1 is 1.12 bits per heavy atom. The van der Waals surface area contributed by atoms with Crippen molar-refractivity contribution in [3.8, 4) is 0 Å². The summed E-state index contributed by atoms with van der Waals surface area (Å²) in [7, 11) is -2.80. The first-order valence-electron chi connectivity index (χ1n) is 8.82. The van der Waals surface area contributed by atoms with Gasteiger partial charge in [-0.2, -0.15) is 0 Å². The van der Waals surface area contributed by atoms with Crippen LogP contribution in [0.5, 0.6) is 0 Å². The van der Waals surface area contributed by atoms with Crippen molar-refractivity contribution in [2.24, 2.45) is 0 Å². The maximum Gasteiger partial charge on any atom is 0.487 e. The SMILES string of the molecule is CCOC(=O)/C(=C/B1OC(C)(C)C(C)(C)O1)[Si](C)(C)c1ccccc1. The average molecular weight is 360 g/mol. The molecule has 0 aromatic heterocycles. The molecular weight excluding hydrogens is 331 g/mol. The van der Waals surface area contributed by atoms with Crippen molar-refractivity contribution in [2.75, 3.05) is 6.61 Å². The monoisotopic (exact) mass is 360 g/mol. The Hall–Kier alpha value is -1.37. The lowest BCUT2D eigenvalue weighted by Crippen LogP contribution is -2.47. The summed E-state index contributed by atoms with van der Waals surface area (Å²) >= 11 is 0. The maximum absolute atomic E-state index is 12.7. The Labute approximate surface area is 152 Å². The highest BCUT2D eigenvalue weighted by Gasteiger charge is 2.51. The first-order valence-corrected chi connectivity index (χ1v) is 11.8. The third kappa shape index (κ3) is 4.07. The van der Waals surface area contributed by atoms with E-state index < -0.39 is 26.4 Å². The molecule has 1 aromatic rings. The van der Waals surface area contributed by atoms with Gasteiger partial charge in [0.25, 0.3) is 0 Å². The molecule has 6 heteroatoms. The van der Waals surface area contributed by atoms with E-state index in [-0.39, 0.29) is 5.97 Å². The van der Waals surface area contributed by atoms with Crippen LogP contribution in [0.1, 0.15) is 34.6 Å². The smallest absolute Gasteiger partial charge is 0.463 e. The zero-order chi connectivity index (χ0) is 18.9. The van der Waals surface area contributed by atoms with Gasteiger partial charge in [0, 0.05) is 5.20 Å². The van der Waals surface area contributed by atoms with Gasteiger partial charge in [-0.1, -0.05) is 48.6 Å². The number of rotatable bonds is 5. The van der Waals surface area contributed by atoms with Gasteiger partial charge in [0.15, 0.2) is 0 Å². The van der Waals surface area contributed by atoms with Gasteiger partial charge in [-0.05, 0) is 40.6 Å². The molecular formula is C19H29BO4Si. The van der Waals surface area contributed by atoms with Crippen molar-refractivity contribution in [3.63, 3.8) is 0 Å². The number of hydrogen-bond donors (Lipinski definition) is 0. The van der Waals surface area contributed by atoms with E-state index in [9.17, 15) is 4.79 Å². The summed E-state index contributed by atoms with van der Waals surface area (Å²) in [5.41, 5.74) is -0.876. The molecule has 2 rings (SSSR count). The fourth-order valence-corrected chi connectivity index (χ4v) is 5.32. The summed E-state index contributed by atoms with van der Waals surface area (Å²) in [6, 6.07) is 10.1. The lowest BCUT2D eigenvalue weighted by Gasteiger charge is -2.32. The topological polar surface area (TPSA) is 44.8 Å². The van der Waals surface area contributed by atoms with E-state index in [2.05, 4.69) is 25.2 Å². The molecule has 0 saturated carbocycles. The molecule has 0 radical (unpaired) electrons. The lowest BCUT2D eigenvalue weighted by atomic mass is 9.90. The van der Waals surface area contributed by atoms with E-state index in [0.29, 0.717) is 11.8 Å². The fourth-order valence-electron chi connectivity index (χ4n) is 2.84. The minimum Gasteiger partial charge on any atom is -0.463 e. The summed E-state index contributed by atoms with van der Waals surface area (Å²) < 4.78 is 17.5. The van der Waals surface area contributed by atoms with Crippen LogP contribution in [0.15, 0.2) is 41.5 Å². The molecule has 136 valence electrons. The van der Waals surface area contributed by atoms with Gasteiger partial charge in [-0.25, -0.2) is 4.79 Å². The van der Waals surface area contributed by atoms with E-state index in [1.54, 1.807) is 0 Å². The Kier molecular flexibility index (Phi) is 5.66. The van der Waals surface area contributed by atoms with E-state index in [1.165, 1.54) is 5.19 Å². The first kappa shape index (κ1) is 20.0. The molecule has 1 saturated heterocycles. The zero-order valence-corrected chi connectivity index (χ0v) is 17.4. The third-order valence-electron chi connectivity index (χ3n) is 5.24. The molecule has 4 nitrogen and oxygen atoms in total. The summed E-state index contributed by atoms with van der Waals surface area (Å²) in [4.78, 5) is 12.7. The third-order valence-corrected chi connectivity index (χ3v) is 8.73. The van der Waals surface area contributed by atoms with Gasteiger partial charge in [-0.15, -0.1) is 0 Å². The summed E-state index contributed by atoms with van der Waals surface area (Å²) in [6.07, 6.45) is 0. The predicted molar refractivity (Wildman–Crippen MR) is 104 cm³/mol. The van der Waals surface area contributed by atoms with Crippen LogP contribution in [0.4, 0.5) is 0 Å². The molecule has 0 aliphatic carbocycles. The summed E-state index contributed by atoms with van der Waals surface area (Å²) in [5.74, 6) is 1.55. The van der Waals surface area contributed by atoms with Crippen LogP contribution < -0.4 is 5.19 Å².